The van der Waals surface area contributed by atoms with Crippen molar-refractivity contribution in [3.8, 4) is 5.75 Å². The van der Waals surface area contributed by atoms with Crippen LogP contribution in [-0.4, -0.2) is 11.2 Å². The number of hydrogen-bond donors (Lipinski definition) is 0. The van der Waals surface area contributed by atoms with Crippen LogP contribution in [0.5, 0.6) is 5.75 Å². The highest BCUT2D eigenvalue weighted by molar-refractivity contribution is 6.30. The molecule has 0 unspecified atom stereocenters. The molecule has 1 aromatic carbocycles. The van der Waals surface area contributed by atoms with Crippen LogP contribution in [0.2, 0.25) is 5.02 Å². The average molecular weight is 262 g/mol. The van der Waals surface area contributed by atoms with Gasteiger partial charge in [-0.3, -0.25) is 4.79 Å². The number of rotatable bonds is 2. The Kier molecular flexibility index (Phi) is 2.84. The van der Waals surface area contributed by atoms with Gasteiger partial charge in [0, 0.05) is 29.3 Å². The van der Waals surface area contributed by atoms with Gasteiger partial charge in [-0.15, -0.1) is 0 Å². The summed E-state index contributed by atoms with van der Waals surface area (Å²) < 4.78 is 7.27. The van der Waals surface area contributed by atoms with Gasteiger partial charge in [0.2, 0.25) is 0 Å². The predicted octanol–water partition coefficient (Wildman–Crippen LogP) is 2.48. The molecular formula is C14H12ClNO2. The first kappa shape index (κ1) is 11.4. The SMILES string of the molecule is O=c1ccccn1Cc1cc(Cl)cc2c1OCC2. The minimum atomic E-state index is -0.0239. The van der Waals surface area contributed by atoms with E-state index in [0.29, 0.717) is 18.2 Å². The Hall–Kier alpha value is -1.74. The highest BCUT2D eigenvalue weighted by Gasteiger charge is 2.17. The summed E-state index contributed by atoms with van der Waals surface area (Å²) in [5, 5.41) is 0.693. The molecule has 3 rings (SSSR count). The van der Waals surface area contributed by atoms with Gasteiger partial charge in [-0.1, -0.05) is 17.7 Å². The van der Waals surface area contributed by atoms with Crippen LogP contribution in [0.15, 0.2) is 41.3 Å². The molecule has 92 valence electrons. The molecule has 4 heteroatoms. The van der Waals surface area contributed by atoms with Crippen LogP contribution in [0.4, 0.5) is 0 Å². The van der Waals surface area contributed by atoms with Crippen molar-refractivity contribution in [2.45, 2.75) is 13.0 Å². The second kappa shape index (κ2) is 4.50. The topological polar surface area (TPSA) is 31.2 Å². The lowest BCUT2D eigenvalue weighted by molar-refractivity contribution is 0.352. The highest BCUT2D eigenvalue weighted by atomic mass is 35.5. The van der Waals surface area contributed by atoms with Gasteiger partial charge < -0.3 is 9.30 Å². The minimum Gasteiger partial charge on any atom is -0.493 e. The van der Waals surface area contributed by atoms with Gasteiger partial charge in [0.25, 0.3) is 5.56 Å². The summed E-state index contributed by atoms with van der Waals surface area (Å²) in [5.74, 6) is 0.884. The lowest BCUT2D eigenvalue weighted by Crippen LogP contribution is -2.18. The molecule has 1 aliphatic rings. The molecule has 0 N–H and O–H groups in total. The maximum absolute atomic E-state index is 11.7. The van der Waals surface area contributed by atoms with Crippen LogP contribution in [0.3, 0.4) is 0 Å². The summed E-state index contributed by atoms with van der Waals surface area (Å²) in [5.41, 5.74) is 2.06. The summed E-state index contributed by atoms with van der Waals surface area (Å²) in [6.45, 7) is 1.18. The van der Waals surface area contributed by atoms with E-state index in [9.17, 15) is 4.79 Å². The Morgan fingerprint density at radius 2 is 2.22 bits per heavy atom. The standard InChI is InChI=1S/C14H12ClNO2/c15-12-7-10-4-6-18-14(10)11(8-12)9-16-5-2-1-3-13(16)17/h1-3,5,7-8H,4,6,9H2. The quantitative estimate of drug-likeness (QED) is 0.832. The van der Waals surface area contributed by atoms with E-state index < -0.39 is 0 Å². The molecule has 0 spiro atoms. The third-order valence-corrected chi connectivity index (χ3v) is 3.28. The summed E-state index contributed by atoms with van der Waals surface area (Å²) in [4.78, 5) is 11.7. The number of ether oxygens (including phenoxy) is 1. The first-order chi connectivity index (χ1) is 8.74. The summed E-state index contributed by atoms with van der Waals surface area (Å²) >= 11 is 6.09. The zero-order chi connectivity index (χ0) is 12.5. The van der Waals surface area contributed by atoms with Gasteiger partial charge in [0.15, 0.2) is 0 Å². The molecule has 0 saturated heterocycles. The second-order valence-corrected chi connectivity index (χ2v) is 4.75. The van der Waals surface area contributed by atoms with Gasteiger partial charge in [0.05, 0.1) is 13.2 Å². The van der Waals surface area contributed by atoms with Crippen LogP contribution >= 0.6 is 11.6 Å². The van der Waals surface area contributed by atoms with Crippen LogP contribution in [0.25, 0.3) is 0 Å². The van der Waals surface area contributed by atoms with Gasteiger partial charge in [-0.2, -0.15) is 0 Å². The Balaban J connectivity index is 2.04. The van der Waals surface area contributed by atoms with Gasteiger partial charge in [0.1, 0.15) is 5.75 Å². The third-order valence-electron chi connectivity index (χ3n) is 3.07. The fourth-order valence-electron chi connectivity index (χ4n) is 2.24. The van der Waals surface area contributed by atoms with Crippen molar-refractivity contribution in [2.75, 3.05) is 6.61 Å². The smallest absolute Gasteiger partial charge is 0.250 e. The Bertz CT molecular complexity index is 648. The molecular weight excluding hydrogens is 250 g/mol. The normalized spacial score (nSPS) is 13.2. The van der Waals surface area contributed by atoms with Crippen LogP contribution in [0.1, 0.15) is 11.1 Å². The average Bonchev–Trinajstić information content (AvgIpc) is 2.80. The zero-order valence-corrected chi connectivity index (χ0v) is 10.5. The van der Waals surface area contributed by atoms with E-state index in [1.54, 1.807) is 22.9 Å². The van der Waals surface area contributed by atoms with Crippen LogP contribution in [0, 0.1) is 0 Å². The van der Waals surface area contributed by atoms with E-state index in [4.69, 9.17) is 16.3 Å². The largest absolute Gasteiger partial charge is 0.493 e. The Morgan fingerprint density at radius 3 is 3.06 bits per heavy atom. The first-order valence-electron chi connectivity index (χ1n) is 5.83. The summed E-state index contributed by atoms with van der Waals surface area (Å²) in [7, 11) is 0. The van der Waals surface area contributed by atoms with Crippen LogP contribution < -0.4 is 10.3 Å². The zero-order valence-electron chi connectivity index (χ0n) is 9.73. The van der Waals surface area contributed by atoms with Crippen molar-refractivity contribution in [1.82, 2.24) is 4.57 Å². The first-order valence-corrected chi connectivity index (χ1v) is 6.21. The number of aromatic nitrogens is 1. The third kappa shape index (κ3) is 2.02. The molecule has 0 atom stereocenters. The second-order valence-electron chi connectivity index (χ2n) is 4.32. The predicted molar refractivity (Wildman–Crippen MR) is 70.5 cm³/mol. The molecule has 0 amide bonds. The molecule has 0 saturated carbocycles. The summed E-state index contributed by atoms with van der Waals surface area (Å²) in [6, 6.07) is 8.92. The lowest BCUT2D eigenvalue weighted by atomic mass is 10.1. The lowest BCUT2D eigenvalue weighted by Gasteiger charge is -2.10. The fourth-order valence-corrected chi connectivity index (χ4v) is 2.50. The number of hydrogen-bond acceptors (Lipinski definition) is 2. The van der Waals surface area contributed by atoms with Crippen molar-refractivity contribution in [1.29, 1.82) is 0 Å². The molecule has 2 aromatic rings. The fraction of sp³-hybridized carbons (Fsp3) is 0.214. The van der Waals surface area contributed by atoms with Crippen molar-refractivity contribution in [3.63, 3.8) is 0 Å². The van der Waals surface area contributed by atoms with Crippen molar-refractivity contribution in [2.24, 2.45) is 0 Å². The molecule has 3 nitrogen and oxygen atoms in total. The Morgan fingerprint density at radius 1 is 1.33 bits per heavy atom. The van der Waals surface area contributed by atoms with E-state index in [0.717, 1.165) is 23.3 Å². The van der Waals surface area contributed by atoms with Gasteiger partial charge in [-0.05, 0) is 23.8 Å². The van der Waals surface area contributed by atoms with E-state index in [1.807, 2.05) is 18.2 Å². The number of pyridine rings is 1. The monoisotopic (exact) mass is 261 g/mol. The molecule has 0 fully saturated rings. The number of benzene rings is 1. The van der Waals surface area contributed by atoms with Crippen molar-refractivity contribution < 1.29 is 4.74 Å². The van der Waals surface area contributed by atoms with Gasteiger partial charge >= 0.3 is 0 Å². The molecule has 2 heterocycles. The molecule has 1 aliphatic heterocycles. The van der Waals surface area contributed by atoms with E-state index in [-0.39, 0.29) is 5.56 Å². The number of fused-ring (bicyclic) bond motifs is 1. The molecule has 0 bridgehead atoms. The molecule has 1 aromatic heterocycles. The van der Waals surface area contributed by atoms with Crippen molar-refractivity contribution >= 4 is 11.6 Å². The number of halogens is 1. The Labute approximate surface area is 110 Å². The highest BCUT2D eigenvalue weighted by Crippen LogP contribution is 2.33. The molecule has 0 radical (unpaired) electrons. The minimum absolute atomic E-state index is 0.0239. The van der Waals surface area contributed by atoms with E-state index in [2.05, 4.69) is 0 Å². The van der Waals surface area contributed by atoms with E-state index in [1.165, 1.54) is 0 Å². The van der Waals surface area contributed by atoms with Crippen molar-refractivity contribution in [3.05, 3.63) is 63.0 Å². The maximum atomic E-state index is 11.7. The van der Waals surface area contributed by atoms with Crippen LogP contribution in [-0.2, 0) is 13.0 Å². The van der Waals surface area contributed by atoms with Gasteiger partial charge in [-0.25, -0.2) is 0 Å². The number of nitrogens with zero attached hydrogens (tertiary/aromatic N) is 1. The van der Waals surface area contributed by atoms with E-state index >= 15 is 0 Å². The molecule has 18 heavy (non-hydrogen) atoms. The summed E-state index contributed by atoms with van der Waals surface area (Å²) in [6.07, 6.45) is 2.65. The molecule has 0 aliphatic carbocycles. The maximum Gasteiger partial charge on any atom is 0.250 e.